The van der Waals surface area contributed by atoms with Crippen LogP contribution in [0.15, 0.2) is 60.0 Å². The molecule has 0 aliphatic heterocycles. The molecule has 0 aliphatic rings. The molecule has 0 saturated carbocycles. The average molecular weight is 397 g/mol. The van der Waals surface area contributed by atoms with E-state index in [-0.39, 0.29) is 5.91 Å². The van der Waals surface area contributed by atoms with Crippen LogP contribution in [0.25, 0.3) is 10.4 Å². The summed E-state index contributed by atoms with van der Waals surface area (Å²) in [5, 5.41) is 7.23. The van der Waals surface area contributed by atoms with Gasteiger partial charge in [0, 0.05) is 17.5 Å². The molecule has 3 rings (SSSR count). The Labute approximate surface area is 166 Å². The first-order valence-electron chi connectivity index (χ1n) is 8.65. The van der Waals surface area contributed by atoms with E-state index in [4.69, 9.17) is 5.73 Å². The van der Waals surface area contributed by atoms with E-state index in [2.05, 4.69) is 10.6 Å². The van der Waals surface area contributed by atoms with Crippen LogP contribution in [-0.2, 0) is 4.79 Å². The van der Waals surface area contributed by atoms with Crippen molar-refractivity contribution in [2.24, 2.45) is 0 Å². The van der Waals surface area contributed by atoms with Crippen molar-refractivity contribution in [3.05, 3.63) is 71.1 Å². The average Bonchev–Trinajstić information content (AvgIpc) is 3.25. The molecule has 0 fully saturated rings. The van der Waals surface area contributed by atoms with E-state index in [1.165, 1.54) is 7.05 Å². The smallest absolute Gasteiger partial charge is 0.255 e. The van der Waals surface area contributed by atoms with Crippen LogP contribution in [0.3, 0.4) is 0 Å². The lowest BCUT2D eigenvalue weighted by Gasteiger charge is -2.13. The standard InChI is InChI=1S/C21H20FN3O2S/c1-24-21(27)16(12-22)13-4-6-14(7-5-13)20(26)25-18-11-15(8-9-17(18)23)19-3-2-10-28-19/h2-11,16H,12,23H2,1H3,(H,24,27)(H,25,26). The van der Waals surface area contributed by atoms with E-state index in [1.54, 1.807) is 41.7 Å². The van der Waals surface area contributed by atoms with Crippen LogP contribution in [0.2, 0.25) is 0 Å². The number of nitrogens with two attached hydrogens (primary N) is 1. The number of anilines is 2. The molecule has 0 spiro atoms. The summed E-state index contributed by atoms with van der Waals surface area (Å²) < 4.78 is 13.2. The normalized spacial score (nSPS) is 11.6. The Kier molecular flexibility index (Phi) is 6.06. The van der Waals surface area contributed by atoms with Crippen molar-refractivity contribution in [2.45, 2.75) is 5.92 Å². The van der Waals surface area contributed by atoms with Crippen molar-refractivity contribution < 1.29 is 14.0 Å². The molecule has 0 aliphatic carbocycles. The molecule has 5 nitrogen and oxygen atoms in total. The fourth-order valence-corrected chi connectivity index (χ4v) is 3.53. The molecule has 1 aromatic heterocycles. The summed E-state index contributed by atoms with van der Waals surface area (Å²) in [6.45, 7) is -0.808. The van der Waals surface area contributed by atoms with Gasteiger partial charge in [0.25, 0.3) is 5.91 Å². The second kappa shape index (κ2) is 8.67. The van der Waals surface area contributed by atoms with E-state index in [0.717, 1.165) is 10.4 Å². The number of carbonyl (C=O) groups is 2. The van der Waals surface area contributed by atoms with Crippen molar-refractivity contribution in [2.75, 3.05) is 24.8 Å². The molecule has 7 heteroatoms. The van der Waals surface area contributed by atoms with Gasteiger partial charge in [0.05, 0.1) is 17.3 Å². The Balaban J connectivity index is 1.78. The Morgan fingerprint density at radius 1 is 1.14 bits per heavy atom. The number of alkyl halides is 1. The highest BCUT2D eigenvalue weighted by atomic mass is 32.1. The van der Waals surface area contributed by atoms with Crippen molar-refractivity contribution in [3.8, 4) is 10.4 Å². The molecule has 1 heterocycles. The van der Waals surface area contributed by atoms with Crippen molar-refractivity contribution >= 4 is 34.5 Å². The third-order valence-corrected chi connectivity index (χ3v) is 5.32. The van der Waals surface area contributed by atoms with Gasteiger partial charge < -0.3 is 16.4 Å². The molecule has 1 atom stereocenters. The summed E-state index contributed by atoms with van der Waals surface area (Å²) in [7, 11) is 1.46. The van der Waals surface area contributed by atoms with Gasteiger partial charge >= 0.3 is 0 Å². The summed E-state index contributed by atoms with van der Waals surface area (Å²) in [6.07, 6.45) is 0. The predicted octanol–water partition coefficient (Wildman–Crippen LogP) is 4.05. The summed E-state index contributed by atoms with van der Waals surface area (Å²) >= 11 is 1.60. The fraction of sp³-hybridized carbons (Fsp3) is 0.143. The molecular weight excluding hydrogens is 377 g/mol. The number of likely N-dealkylation sites (N-methyl/N-ethyl adjacent to an activating group) is 1. The zero-order chi connectivity index (χ0) is 20.1. The van der Waals surface area contributed by atoms with E-state index in [9.17, 15) is 14.0 Å². The highest BCUT2D eigenvalue weighted by Gasteiger charge is 2.19. The van der Waals surface area contributed by atoms with Crippen LogP contribution < -0.4 is 16.4 Å². The molecule has 2 aromatic carbocycles. The van der Waals surface area contributed by atoms with Gasteiger partial charge in [-0.15, -0.1) is 11.3 Å². The number of amides is 2. The van der Waals surface area contributed by atoms with Gasteiger partial charge in [-0.05, 0) is 46.8 Å². The lowest BCUT2D eigenvalue weighted by atomic mass is 9.98. The molecule has 28 heavy (non-hydrogen) atoms. The maximum Gasteiger partial charge on any atom is 0.255 e. The van der Waals surface area contributed by atoms with Crippen molar-refractivity contribution in [3.63, 3.8) is 0 Å². The lowest BCUT2D eigenvalue weighted by molar-refractivity contribution is -0.122. The monoisotopic (exact) mass is 397 g/mol. The number of carbonyl (C=O) groups excluding carboxylic acids is 2. The van der Waals surface area contributed by atoms with Gasteiger partial charge in [-0.1, -0.05) is 24.3 Å². The Hall–Kier alpha value is -3.19. The molecule has 144 valence electrons. The molecule has 0 radical (unpaired) electrons. The van der Waals surface area contributed by atoms with E-state index >= 15 is 0 Å². The number of rotatable bonds is 6. The molecule has 0 saturated heterocycles. The maximum atomic E-state index is 13.2. The molecule has 0 bridgehead atoms. The van der Waals surface area contributed by atoms with Crippen LogP contribution in [0.1, 0.15) is 21.8 Å². The number of nitrogens with one attached hydrogen (secondary N) is 2. The minimum absolute atomic E-state index is 0.335. The van der Waals surface area contributed by atoms with E-state index in [1.807, 2.05) is 29.6 Å². The highest BCUT2D eigenvalue weighted by Crippen LogP contribution is 2.30. The Morgan fingerprint density at radius 3 is 2.50 bits per heavy atom. The first kappa shape index (κ1) is 19.6. The van der Waals surface area contributed by atoms with Crippen molar-refractivity contribution in [1.82, 2.24) is 5.32 Å². The summed E-state index contributed by atoms with van der Waals surface area (Å²) in [5.41, 5.74) is 8.85. The second-order valence-electron chi connectivity index (χ2n) is 6.18. The first-order valence-corrected chi connectivity index (χ1v) is 9.53. The Bertz CT molecular complexity index is 972. The van der Waals surface area contributed by atoms with E-state index < -0.39 is 18.5 Å². The zero-order valence-corrected chi connectivity index (χ0v) is 16.1. The van der Waals surface area contributed by atoms with Gasteiger partial charge in [0.1, 0.15) is 6.67 Å². The number of halogens is 1. The molecule has 2 amide bonds. The molecule has 1 unspecified atom stereocenters. The number of hydrogen-bond donors (Lipinski definition) is 3. The van der Waals surface area contributed by atoms with Crippen LogP contribution in [0.4, 0.5) is 15.8 Å². The van der Waals surface area contributed by atoms with Crippen LogP contribution >= 0.6 is 11.3 Å². The summed E-state index contributed by atoms with van der Waals surface area (Å²) in [6, 6.07) is 15.7. The number of hydrogen-bond acceptors (Lipinski definition) is 4. The summed E-state index contributed by atoms with van der Waals surface area (Å²) in [5.74, 6) is -1.63. The largest absolute Gasteiger partial charge is 0.397 e. The van der Waals surface area contributed by atoms with Gasteiger partial charge in [0.15, 0.2) is 0 Å². The maximum absolute atomic E-state index is 13.2. The topological polar surface area (TPSA) is 84.2 Å². The van der Waals surface area contributed by atoms with Crippen molar-refractivity contribution in [1.29, 1.82) is 0 Å². The quantitative estimate of drug-likeness (QED) is 0.549. The van der Waals surface area contributed by atoms with Crippen LogP contribution in [-0.4, -0.2) is 25.5 Å². The van der Waals surface area contributed by atoms with Gasteiger partial charge in [0.2, 0.25) is 5.91 Å². The number of thiophene rings is 1. The van der Waals surface area contributed by atoms with Gasteiger partial charge in [-0.25, -0.2) is 4.39 Å². The molecular formula is C21H20FN3O2S. The second-order valence-corrected chi connectivity index (χ2v) is 7.12. The highest BCUT2D eigenvalue weighted by molar-refractivity contribution is 7.13. The minimum Gasteiger partial charge on any atom is -0.397 e. The SMILES string of the molecule is CNC(=O)C(CF)c1ccc(C(=O)Nc2cc(-c3cccs3)ccc2N)cc1. The predicted molar refractivity (Wildman–Crippen MR) is 111 cm³/mol. The van der Waals surface area contributed by atoms with Gasteiger partial charge in [-0.2, -0.15) is 0 Å². The van der Waals surface area contributed by atoms with Crippen LogP contribution in [0.5, 0.6) is 0 Å². The minimum atomic E-state index is -0.889. The Morgan fingerprint density at radius 2 is 1.89 bits per heavy atom. The molecule has 4 N–H and O–H groups in total. The lowest BCUT2D eigenvalue weighted by Crippen LogP contribution is -2.27. The summed E-state index contributed by atoms with van der Waals surface area (Å²) in [4.78, 5) is 25.4. The fourth-order valence-electron chi connectivity index (χ4n) is 2.81. The zero-order valence-electron chi connectivity index (χ0n) is 15.2. The van der Waals surface area contributed by atoms with E-state index in [0.29, 0.717) is 22.5 Å². The third kappa shape index (κ3) is 4.20. The van der Waals surface area contributed by atoms with Crippen LogP contribution in [0, 0.1) is 0 Å². The third-order valence-electron chi connectivity index (χ3n) is 4.40. The number of nitrogen functional groups attached to an aromatic ring is 1. The van der Waals surface area contributed by atoms with Gasteiger partial charge in [-0.3, -0.25) is 9.59 Å². The molecule has 3 aromatic rings. The first-order chi connectivity index (χ1) is 13.5. The number of benzene rings is 2.